The van der Waals surface area contributed by atoms with E-state index in [1.54, 1.807) is 120 Å². The Hall–Kier alpha value is -12.1. The topological polar surface area (TPSA) is 432 Å². The molecule has 9 heterocycles. The summed E-state index contributed by atoms with van der Waals surface area (Å²) in [5.74, 6) is -0.524. The Morgan fingerprint density at radius 3 is 1.02 bits per heavy atom. The molecule has 0 spiro atoms. The maximum Gasteiger partial charge on any atom is 0.586 e. The molecule has 0 unspecified atom stereocenters. The number of aromatic carboxylic acids is 1. The number of carboxylic acids is 1. The number of fused-ring (bicyclic) bond motifs is 6. The number of nitrogens with zero attached hydrogens (tertiary/aromatic N) is 9. The van der Waals surface area contributed by atoms with E-state index in [1.165, 1.54) is 99.2 Å². The number of carboxylic acid groups (broad SMARTS) is 1. The molecule has 0 fully saturated rings. The molecule has 8 N–H and O–H groups in total. The average molecular weight is 1730 g/mol. The van der Waals surface area contributed by atoms with Crippen LogP contribution in [0, 0.1) is 20.8 Å². The molecule has 15 rings (SSSR count). The van der Waals surface area contributed by atoms with Gasteiger partial charge in [0.15, 0.2) is 64.0 Å². The molecule has 0 saturated heterocycles. The molecule has 0 bridgehead atoms. The summed E-state index contributed by atoms with van der Waals surface area (Å²) in [5, 5.41) is 42.9. The van der Waals surface area contributed by atoms with Crippen molar-refractivity contribution in [2.24, 2.45) is 5.73 Å². The second-order valence-corrected chi connectivity index (χ2v) is 33.4. The SMILES string of the molecule is CCS(=O)(=O)c1ccc([C@@H](CO)NC(=O)c2ccc3c(c2)nc(C)n3Cc2cccc3c2OC(F)(F)O3)nc1.CCS(=O)(=O)c1ccc([C@@H](N)CO)nc1.CCS(=O)(=O)c1ccc([C@H](CO)NC(=O)c2ccc3c(c2)nc(C)n3Cc2cccc3c2OC(F)(F)O3)nc1.Cc1nc2cc(C(=O)O)ccc2n1Cc1cccc2c1OC(F)(F)O2.Cl. The summed E-state index contributed by atoms with van der Waals surface area (Å²) < 4.78 is 185. The second-order valence-electron chi connectivity index (χ2n) is 26.6. The number of carbonyl (C=O) groups excluding carboxylic acids is 2. The van der Waals surface area contributed by atoms with Gasteiger partial charge in [-0.25, -0.2) is 45.0 Å². The average Bonchev–Trinajstić information content (AvgIpc) is 1.63. The van der Waals surface area contributed by atoms with Crippen LogP contribution >= 0.6 is 12.4 Å². The molecule has 3 atom stereocenters. The Kier molecular flexibility index (Phi) is 26.0. The van der Waals surface area contributed by atoms with Gasteiger partial charge >= 0.3 is 24.9 Å². The number of imidazole rings is 3. The van der Waals surface area contributed by atoms with Gasteiger partial charge in [0.25, 0.3) is 11.8 Å². The van der Waals surface area contributed by atoms with Crippen LogP contribution in [0.1, 0.15) is 121 Å². The van der Waals surface area contributed by atoms with Crippen molar-refractivity contribution in [2.45, 2.75) is 113 Å². The van der Waals surface area contributed by atoms with Crippen LogP contribution in [-0.2, 0) is 49.1 Å². The quantitative estimate of drug-likeness (QED) is 0.0293. The molecule has 0 aliphatic carbocycles. The number of hydrogen-bond donors (Lipinski definition) is 7. The summed E-state index contributed by atoms with van der Waals surface area (Å²) in [6, 6.07) is 34.6. The molecule has 12 aromatic rings. The van der Waals surface area contributed by atoms with Gasteiger partial charge in [-0.15, -0.1) is 38.7 Å². The number of nitrogens with two attached hydrogens (primary N) is 1. The van der Waals surface area contributed by atoms with Crippen LogP contribution in [0.25, 0.3) is 33.1 Å². The Labute approximate surface area is 680 Å². The molecule has 6 aromatic heterocycles. The maximum absolute atomic E-state index is 13.6. The van der Waals surface area contributed by atoms with Crippen molar-refractivity contribution in [3.8, 4) is 34.5 Å². The Morgan fingerprint density at radius 2 is 0.739 bits per heavy atom. The van der Waals surface area contributed by atoms with Gasteiger partial charge in [-0.1, -0.05) is 57.2 Å². The summed E-state index contributed by atoms with van der Waals surface area (Å²) >= 11 is 0. The monoisotopic (exact) mass is 1730 g/mol. The van der Waals surface area contributed by atoms with Gasteiger partial charge in [0.1, 0.15) is 17.5 Å². The number of amides is 2. The number of aromatic nitrogens is 9. The van der Waals surface area contributed by atoms with Crippen LogP contribution < -0.4 is 44.8 Å². The number of aliphatic hydroxyl groups is 3. The number of nitrogens with one attached hydrogen (secondary N) is 2. The zero-order valence-electron chi connectivity index (χ0n) is 63.6. The van der Waals surface area contributed by atoms with Gasteiger partial charge in [0.05, 0.1) is 145 Å². The summed E-state index contributed by atoms with van der Waals surface area (Å²) in [6.07, 6.45) is -7.48. The highest BCUT2D eigenvalue weighted by Crippen LogP contribution is 2.47. The third-order valence-corrected chi connectivity index (χ3v) is 24.0. The minimum absolute atomic E-state index is 0. The van der Waals surface area contributed by atoms with Crippen LogP contribution in [0.5, 0.6) is 34.5 Å². The Morgan fingerprint density at radius 1 is 0.437 bits per heavy atom. The van der Waals surface area contributed by atoms with E-state index in [2.05, 4.69) is 59.5 Å². The van der Waals surface area contributed by atoms with Crippen molar-refractivity contribution in [3.63, 3.8) is 0 Å². The summed E-state index contributed by atoms with van der Waals surface area (Å²) in [4.78, 5) is 62.9. The molecule has 0 radical (unpaired) electrons. The zero-order valence-corrected chi connectivity index (χ0v) is 66.9. The molecule has 628 valence electrons. The van der Waals surface area contributed by atoms with E-state index in [0.29, 0.717) is 84.3 Å². The van der Waals surface area contributed by atoms with E-state index in [0.717, 1.165) is 0 Å². The number of carbonyl (C=O) groups is 3. The van der Waals surface area contributed by atoms with Crippen molar-refractivity contribution >= 4 is 92.8 Å². The van der Waals surface area contributed by atoms with Gasteiger partial charge in [0.2, 0.25) is 0 Å². The number of ether oxygens (including phenoxy) is 6. The number of hydrogen-bond acceptors (Lipinski definition) is 25. The van der Waals surface area contributed by atoms with Gasteiger partial charge in [-0.3, -0.25) is 24.5 Å². The van der Waals surface area contributed by atoms with Gasteiger partial charge in [-0.05, 0) is 130 Å². The van der Waals surface area contributed by atoms with Crippen molar-refractivity contribution in [2.75, 3.05) is 37.1 Å². The maximum atomic E-state index is 13.6. The third kappa shape index (κ3) is 19.6. The lowest BCUT2D eigenvalue weighted by molar-refractivity contribution is -0.287. The van der Waals surface area contributed by atoms with Crippen LogP contribution in [0.2, 0.25) is 0 Å². The van der Waals surface area contributed by atoms with Crippen molar-refractivity contribution in [3.05, 3.63) is 232 Å². The number of aryl methyl sites for hydroxylation is 3. The molecule has 41 heteroatoms. The lowest BCUT2D eigenvalue weighted by Crippen LogP contribution is -2.31. The number of rotatable bonds is 23. The number of alkyl halides is 6. The Bertz CT molecular complexity index is 5940. The minimum Gasteiger partial charge on any atom is -0.478 e. The standard InChI is InChI=1S/2C26H24F2N4O6S.C17H12F2N2O4.C9H14N2O3S.ClH/c2*1-3-39(35,36)18-8-9-19(29-12-18)21(14-33)31-25(34)16-7-10-22-20(11-16)30-15(2)32(22)13-17-5-4-6-23-24(17)38-26(27,28)37-23;1-9-20-12-7-10(16(22)23)5-6-13(12)21(9)8-11-3-2-4-14-15(11)25-17(18,19)24-14;1-2-15(13,14)7-3-4-9(11-5-7)8(10)6-12;/h2*4-12,21,33H,3,13-14H2,1-2H3,(H,31,34);2-7H,8H2,1H3,(H,22,23);3-5,8,12H,2,6,10H2,1H3;1H/t2*21-;;8-;/m10.0./s1. The largest absolute Gasteiger partial charge is 0.586 e. The molecule has 3 aliphatic rings. The van der Waals surface area contributed by atoms with E-state index in [1.807, 2.05) is 0 Å². The lowest BCUT2D eigenvalue weighted by atomic mass is 10.1. The number of para-hydroxylation sites is 3. The first kappa shape index (κ1) is 87.8. The van der Waals surface area contributed by atoms with Crippen LogP contribution in [0.3, 0.4) is 0 Å². The molecule has 3 aliphatic heterocycles. The van der Waals surface area contributed by atoms with Crippen LogP contribution in [0.15, 0.2) is 179 Å². The number of sulfone groups is 3. The molecular weight excluding hydrogens is 1650 g/mol. The van der Waals surface area contributed by atoms with E-state index in [9.17, 15) is 76.2 Å². The van der Waals surface area contributed by atoms with E-state index in [-0.39, 0.29) is 122 Å². The highest BCUT2D eigenvalue weighted by molar-refractivity contribution is 7.92. The van der Waals surface area contributed by atoms with Crippen LogP contribution in [-0.4, -0.2) is 163 Å². The van der Waals surface area contributed by atoms with E-state index >= 15 is 0 Å². The number of aliphatic hydroxyl groups excluding tert-OH is 3. The van der Waals surface area contributed by atoms with E-state index < -0.39 is 97.5 Å². The zero-order chi connectivity index (χ0) is 85.1. The van der Waals surface area contributed by atoms with Crippen LogP contribution in [0.4, 0.5) is 26.3 Å². The predicted molar refractivity (Wildman–Crippen MR) is 417 cm³/mol. The summed E-state index contributed by atoms with van der Waals surface area (Å²) in [7, 11) is -10.1. The second kappa shape index (κ2) is 35.3. The fourth-order valence-corrected chi connectivity index (χ4v) is 15.1. The van der Waals surface area contributed by atoms with Gasteiger partial charge < -0.3 is 78.9 Å². The molecular formula is C78H75ClF6N12O19S3. The summed E-state index contributed by atoms with van der Waals surface area (Å²) in [6.45, 7) is 9.36. The fourth-order valence-electron chi connectivity index (χ4n) is 12.6. The lowest BCUT2D eigenvalue weighted by Gasteiger charge is -2.16. The smallest absolute Gasteiger partial charge is 0.478 e. The minimum atomic E-state index is -3.73. The van der Waals surface area contributed by atoms with Crippen molar-refractivity contribution in [1.29, 1.82) is 0 Å². The predicted octanol–water partition coefficient (Wildman–Crippen LogP) is 10.4. The van der Waals surface area contributed by atoms with Gasteiger partial charge in [-0.2, -0.15) is 0 Å². The summed E-state index contributed by atoms with van der Waals surface area (Å²) in [5.41, 5.74) is 12.3. The molecule has 2 amide bonds. The molecule has 6 aromatic carbocycles. The number of halogens is 7. The number of benzene rings is 6. The molecule has 119 heavy (non-hydrogen) atoms. The number of pyridine rings is 3. The first-order valence-electron chi connectivity index (χ1n) is 35.9. The van der Waals surface area contributed by atoms with Crippen molar-refractivity contribution in [1.82, 2.24) is 54.2 Å². The molecule has 0 saturated carbocycles. The normalized spacial score (nSPS) is 14.6. The Balaban J connectivity index is 0.000000163. The first-order valence-corrected chi connectivity index (χ1v) is 40.9. The highest BCUT2D eigenvalue weighted by Gasteiger charge is 2.47. The molecule has 31 nitrogen and oxygen atoms in total. The fraction of sp³-hybridized carbons (Fsp3) is 0.269. The van der Waals surface area contributed by atoms with Crippen molar-refractivity contribution < 1.29 is 115 Å². The third-order valence-electron chi connectivity index (χ3n) is 18.9. The first-order chi connectivity index (χ1) is 55.9. The highest BCUT2D eigenvalue weighted by atomic mass is 35.5. The van der Waals surface area contributed by atoms with E-state index in [4.69, 9.17) is 25.4 Å². The van der Waals surface area contributed by atoms with Gasteiger partial charge in [0, 0.05) is 46.4 Å².